The number of phosphoric ester groups is 1. The first-order chi connectivity index (χ1) is 22.3. The molecule has 0 spiro atoms. The zero-order chi connectivity index (χ0) is 34.0. The van der Waals surface area contributed by atoms with Crippen LogP contribution in [-0.2, 0) is 27.9 Å². The average molecular weight is 664 g/mol. The molecule has 0 aromatic heterocycles. The number of ether oxygens (including phenoxy) is 1. The largest absolute Gasteiger partial charge is 0.472 e. The summed E-state index contributed by atoms with van der Waals surface area (Å²) in [6.45, 7) is 3.03. The fourth-order valence-electron chi connectivity index (χ4n) is 3.58. The predicted molar refractivity (Wildman–Crippen MR) is 187 cm³/mol. The number of rotatable bonds is 29. The Morgan fingerprint density at radius 3 is 1.70 bits per heavy atom. The molecule has 0 radical (unpaired) electrons. The lowest BCUT2D eigenvalue weighted by molar-refractivity contribution is -0.147. The summed E-state index contributed by atoms with van der Waals surface area (Å²) < 4.78 is 26.2. The zero-order valence-corrected chi connectivity index (χ0v) is 28.9. The third kappa shape index (κ3) is 32.6. The van der Waals surface area contributed by atoms with Crippen LogP contribution in [0.1, 0.15) is 97.3 Å². The molecule has 0 saturated carbocycles. The maximum Gasteiger partial charge on any atom is 0.472 e. The van der Waals surface area contributed by atoms with Crippen LogP contribution in [0.15, 0.2) is 85.1 Å². The second-order valence-electron chi connectivity index (χ2n) is 10.4. The van der Waals surface area contributed by atoms with Crippen molar-refractivity contribution in [2.45, 2.75) is 103 Å². The van der Waals surface area contributed by atoms with Gasteiger partial charge in [0.1, 0.15) is 12.7 Å². The van der Waals surface area contributed by atoms with Crippen LogP contribution in [0.4, 0.5) is 0 Å². The van der Waals surface area contributed by atoms with E-state index in [2.05, 4.69) is 97.3 Å². The first-order valence-corrected chi connectivity index (χ1v) is 18.1. The van der Waals surface area contributed by atoms with Crippen molar-refractivity contribution in [3.8, 4) is 0 Å². The lowest BCUT2D eigenvalue weighted by atomic mass is 10.2. The molecule has 0 aromatic carbocycles. The second kappa shape index (κ2) is 32.1. The Labute approximate surface area is 277 Å². The van der Waals surface area contributed by atoms with E-state index in [4.69, 9.17) is 13.8 Å². The van der Waals surface area contributed by atoms with E-state index in [1.165, 1.54) is 0 Å². The molecule has 46 heavy (non-hydrogen) atoms. The third-order valence-electron chi connectivity index (χ3n) is 6.09. The van der Waals surface area contributed by atoms with Gasteiger partial charge in [-0.05, 0) is 64.2 Å². The lowest BCUT2D eigenvalue weighted by Gasteiger charge is -2.15. The number of aliphatic hydroxyl groups is 1. The fraction of sp³-hybridized carbons (Fsp3) is 0.556. The summed E-state index contributed by atoms with van der Waals surface area (Å²) in [5, 5.41) is 12.4. The van der Waals surface area contributed by atoms with Crippen molar-refractivity contribution in [3.05, 3.63) is 85.1 Å². The predicted octanol–water partition coefficient (Wildman–Crippen LogP) is 8.14. The Balaban J connectivity index is 3.75. The molecule has 0 rings (SSSR count). The topological polar surface area (TPSA) is 131 Å². The van der Waals surface area contributed by atoms with Gasteiger partial charge >= 0.3 is 13.8 Å². The zero-order valence-electron chi connectivity index (χ0n) is 28.0. The summed E-state index contributed by atoms with van der Waals surface area (Å²) in [6.07, 6.45) is 39.3. The molecule has 0 aliphatic rings. The van der Waals surface area contributed by atoms with Gasteiger partial charge in [0.25, 0.3) is 0 Å². The SMILES string of the molecule is CC/C=C\C/C=C\C/C=C\C/C=C\C/C=C\C/C=C\C/C=C\CCCC(=O)NCCOP(=O)(O)OCC(O)COC(=O)CCCC. The number of amides is 1. The highest BCUT2D eigenvalue weighted by atomic mass is 31.2. The van der Waals surface area contributed by atoms with Crippen molar-refractivity contribution in [1.29, 1.82) is 0 Å². The van der Waals surface area contributed by atoms with Crippen LogP contribution < -0.4 is 5.32 Å². The normalized spacial score (nSPS) is 14.6. The Bertz CT molecular complexity index is 1030. The molecule has 260 valence electrons. The third-order valence-corrected chi connectivity index (χ3v) is 7.07. The van der Waals surface area contributed by atoms with E-state index in [0.29, 0.717) is 19.3 Å². The van der Waals surface area contributed by atoms with E-state index >= 15 is 0 Å². The van der Waals surface area contributed by atoms with Crippen molar-refractivity contribution in [2.24, 2.45) is 0 Å². The van der Waals surface area contributed by atoms with Gasteiger partial charge in [0.05, 0.1) is 13.2 Å². The molecular formula is C36H58NO8P. The molecule has 9 nitrogen and oxygen atoms in total. The number of carbonyl (C=O) groups is 2. The number of hydrogen-bond acceptors (Lipinski definition) is 7. The molecule has 10 heteroatoms. The highest BCUT2D eigenvalue weighted by molar-refractivity contribution is 7.47. The lowest BCUT2D eigenvalue weighted by Crippen LogP contribution is -2.27. The summed E-state index contributed by atoms with van der Waals surface area (Å²) in [5.74, 6) is -0.625. The molecule has 1 amide bonds. The summed E-state index contributed by atoms with van der Waals surface area (Å²) in [6, 6.07) is 0. The Morgan fingerprint density at radius 2 is 1.20 bits per heavy atom. The maximum absolute atomic E-state index is 11.9. The highest BCUT2D eigenvalue weighted by Gasteiger charge is 2.23. The number of unbranched alkanes of at least 4 members (excludes halogenated alkanes) is 2. The number of allylic oxidation sites excluding steroid dienone is 14. The molecule has 0 heterocycles. The van der Waals surface area contributed by atoms with E-state index in [1.54, 1.807) is 0 Å². The number of hydrogen-bond donors (Lipinski definition) is 3. The number of nitrogens with one attached hydrogen (secondary N) is 1. The van der Waals surface area contributed by atoms with Gasteiger partial charge in [0.15, 0.2) is 0 Å². The van der Waals surface area contributed by atoms with Gasteiger partial charge in [-0.3, -0.25) is 18.6 Å². The summed E-state index contributed by atoms with van der Waals surface area (Å²) in [7, 11) is -4.41. The van der Waals surface area contributed by atoms with Gasteiger partial charge in [0.2, 0.25) is 5.91 Å². The van der Waals surface area contributed by atoms with E-state index in [0.717, 1.165) is 57.8 Å². The van der Waals surface area contributed by atoms with Gasteiger partial charge in [0, 0.05) is 19.4 Å². The Morgan fingerprint density at radius 1 is 0.696 bits per heavy atom. The molecule has 2 atom stereocenters. The van der Waals surface area contributed by atoms with E-state index in [1.807, 2.05) is 6.92 Å². The smallest absolute Gasteiger partial charge is 0.463 e. The molecule has 0 aliphatic carbocycles. The number of aliphatic hydroxyl groups excluding tert-OH is 1. The first-order valence-electron chi connectivity index (χ1n) is 16.6. The standard InChI is InChI=1S/C36H58NO8P/c1-3-5-7-8-9-10-11-12-13-14-15-16-17-18-19-20-21-22-23-24-25-26-27-28-35(39)37-30-31-44-46(41,42)45-33-34(38)32-43-36(40)29-6-4-2/h5,7,9-10,12-13,15-16,18-19,21-22,24-25,34,38H,3-4,6,8,11,14,17,20,23,26-33H2,1-2H3,(H,37,39)(H,41,42)/b7-5-,10-9-,13-12-,16-15-,19-18-,22-21-,25-24-. The van der Waals surface area contributed by atoms with Gasteiger partial charge in [-0.25, -0.2) is 4.57 Å². The minimum absolute atomic E-state index is 0.0445. The molecule has 0 bridgehead atoms. The quantitative estimate of drug-likeness (QED) is 0.0316. The molecule has 0 aliphatic heterocycles. The van der Waals surface area contributed by atoms with Crippen molar-refractivity contribution in [1.82, 2.24) is 5.32 Å². The van der Waals surface area contributed by atoms with E-state index < -0.39 is 26.5 Å². The second-order valence-corrected chi connectivity index (χ2v) is 11.9. The summed E-state index contributed by atoms with van der Waals surface area (Å²) >= 11 is 0. The van der Waals surface area contributed by atoms with E-state index in [9.17, 15) is 24.2 Å². The van der Waals surface area contributed by atoms with Crippen LogP contribution in [0.3, 0.4) is 0 Å². The molecule has 2 unspecified atom stereocenters. The Kier molecular flexibility index (Phi) is 30.2. The van der Waals surface area contributed by atoms with Crippen molar-refractivity contribution in [3.63, 3.8) is 0 Å². The maximum atomic E-state index is 11.9. The average Bonchev–Trinajstić information content (AvgIpc) is 3.04. The summed E-state index contributed by atoms with van der Waals surface area (Å²) in [4.78, 5) is 33.0. The fourth-order valence-corrected chi connectivity index (χ4v) is 4.34. The van der Waals surface area contributed by atoms with Gasteiger partial charge in [-0.1, -0.05) is 105 Å². The van der Waals surface area contributed by atoms with Crippen LogP contribution in [0.2, 0.25) is 0 Å². The number of carbonyl (C=O) groups excluding carboxylic acids is 2. The minimum Gasteiger partial charge on any atom is -0.463 e. The van der Waals surface area contributed by atoms with Crippen LogP contribution in [0.25, 0.3) is 0 Å². The Hall–Kier alpha value is -2.81. The van der Waals surface area contributed by atoms with Crippen molar-refractivity contribution in [2.75, 3.05) is 26.4 Å². The number of phosphoric acid groups is 1. The molecule has 0 fully saturated rings. The van der Waals surface area contributed by atoms with Crippen molar-refractivity contribution < 1.29 is 37.9 Å². The van der Waals surface area contributed by atoms with Gasteiger partial charge < -0.3 is 20.1 Å². The van der Waals surface area contributed by atoms with Crippen LogP contribution in [-0.4, -0.2) is 54.3 Å². The van der Waals surface area contributed by atoms with Crippen LogP contribution >= 0.6 is 7.82 Å². The molecular weight excluding hydrogens is 605 g/mol. The van der Waals surface area contributed by atoms with E-state index in [-0.39, 0.29) is 32.1 Å². The van der Waals surface area contributed by atoms with Gasteiger partial charge in [-0.15, -0.1) is 0 Å². The van der Waals surface area contributed by atoms with Gasteiger partial charge in [-0.2, -0.15) is 0 Å². The minimum atomic E-state index is -4.41. The van der Waals surface area contributed by atoms with Crippen LogP contribution in [0.5, 0.6) is 0 Å². The summed E-state index contributed by atoms with van der Waals surface area (Å²) in [5.41, 5.74) is 0. The molecule has 0 saturated heterocycles. The monoisotopic (exact) mass is 663 g/mol. The number of esters is 1. The molecule has 0 aromatic rings. The first kappa shape index (κ1) is 43.2. The van der Waals surface area contributed by atoms with Crippen LogP contribution in [0, 0.1) is 0 Å². The van der Waals surface area contributed by atoms with Crippen molar-refractivity contribution >= 4 is 19.7 Å². The highest BCUT2D eigenvalue weighted by Crippen LogP contribution is 2.42. The molecule has 3 N–H and O–H groups in total.